The molecule has 1 aromatic heterocycles. The molecule has 0 atom stereocenters. The van der Waals surface area contributed by atoms with Gasteiger partial charge in [-0.25, -0.2) is 0 Å². The Morgan fingerprint density at radius 2 is 2.31 bits per heavy atom. The first-order chi connectivity index (χ1) is 6.24. The summed E-state index contributed by atoms with van der Waals surface area (Å²) in [6.45, 7) is 2.59. The molecule has 13 heavy (non-hydrogen) atoms. The summed E-state index contributed by atoms with van der Waals surface area (Å²) in [6.07, 6.45) is 0.878. The van der Waals surface area contributed by atoms with E-state index in [1.807, 2.05) is 6.92 Å². The lowest BCUT2D eigenvalue weighted by molar-refractivity contribution is 0.0948. The van der Waals surface area contributed by atoms with Gasteiger partial charge in [0.05, 0.1) is 0 Å². The van der Waals surface area contributed by atoms with Gasteiger partial charge < -0.3 is 10.3 Å². The molecular weight excluding hydrogens is 168 g/mol. The molecule has 70 valence electrons. The molecule has 0 aliphatic rings. The fourth-order valence-corrected chi connectivity index (χ4v) is 0.914. The monoisotopic (exact) mass is 180 g/mol. The van der Waals surface area contributed by atoms with Gasteiger partial charge >= 0.3 is 0 Å². The molecule has 0 aliphatic heterocycles. The van der Waals surface area contributed by atoms with Crippen LogP contribution in [0.25, 0.3) is 0 Å². The fourth-order valence-electron chi connectivity index (χ4n) is 0.914. The summed E-state index contributed by atoms with van der Waals surface area (Å²) in [4.78, 5) is 24.6. The number of aromatic nitrogens is 1. The van der Waals surface area contributed by atoms with Crippen molar-refractivity contribution >= 4 is 5.91 Å². The van der Waals surface area contributed by atoms with Gasteiger partial charge in [0.1, 0.15) is 5.69 Å². The van der Waals surface area contributed by atoms with Gasteiger partial charge in [-0.1, -0.05) is 13.0 Å². The Kier molecular flexibility index (Phi) is 3.25. The molecule has 1 aromatic rings. The quantitative estimate of drug-likeness (QED) is 0.712. The number of hydrogen-bond acceptors (Lipinski definition) is 2. The molecule has 4 heteroatoms. The molecule has 0 fully saturated rings. The zero-order chi connectivity index (χ0) is 9.68. The normalized spacial score (nSPS) is 9.62. The van der Waals surface area contributed by atoms with Gasteiger partial charge in [-0.2, -0.15) is 0 Å². The highest BCUT2D eigenvalue weighted by molar-refractivity contribution is 5.92. The molecule has 1 rings (SSSR count). The number of nitrogens with one attached hydrogen (secondary N) is 2. The SMILES string of the molecule is CCCNC(=O)c1cccc(=O)[nH]1. The Morgan fingerprint density at radius 3 is 2.92 bits per heavy atom. The number of pyridine rings is 1. The second-order valence-electron chi connectivity index (χ2n) is 2.68. The van der Waals surface area contributed by atoms with Crippen LogP contribution in [0.4, 0.5) is 0 Å². The predicted octanol–water partition coefficient (Wildman–Crippen LogP) is 0.515. The van der Waals surface area contributed by atoms with Crippen molar-refractivity contribution in [2.24, 2.45) is 0 Å². The number of hydrogen-bond donors (Lipinski definition) is 2. The highest BCUT2D eigenvalue weighted by Crippen LogP contribution is 1.89. The van der Waals surface area contributed by atoms with E-state index in [-0.39, 0.29) is 11.5 Å². The number of rotatable bonds is 3. The van der Waals surface area contributed by atoms with Gasteiger partial charge in [0.2, 0.25) is 5.56 Å². The van der Waals surface area contributed by atoms with Crippen LogP contribution < -0.4 is 10.9 Å². The van der Waals surface area contributed by atoms with Crippen molar-refractivity contribution in [3.63, 3.8) is 0 Å². The first-order valence-corrected chi connectivity index (χ1v) is 4.21. The van der Waals surface area contributed by atoms with Crippen molar-refractivity contribution < 1.29 is 4.79 Å². The van der Waals surface area contributed by atoms with E-state index >= 15 is 0 Å². The average molecular weight is 180 g/mol. The second kappa shape index (κ2) is 4.45. The third-order valence-electron chi connectivity index (χ3n) is 1.55. The van der Waals surface area contributed by atoms with Crippen LogP contribution in [-0.4, -0.2) is 17.4 Å². The van der Waals surface area contributed by atoms with Gasteiger partial charge in [0.15, 0.2) is 0 Å². The maximum Gasteiger partial charge on any atom is 0.267 e. The largest absolute Gasteiger partial charge is 0.351 e. The predicted molar refractivity (Wildman–Crippen MR) is 49.7 cm³/mol. The minimum absolute atomic E-state index is 0.237. The van der Waals surface area contributed by atoms with Crippen LogP contribution in [0.3, 0.4) is 0 Å². The smallest absolute Gasteiger partial charge is 0.267 e. The van der Waals surface area contributed by atoms with Crippen LogP contribution in [0.15, 0.2) is 23.0 Å². The molecule has 0 saturated heterocycles. The van der Waals surface area contributed by atoms with Gasteiger partial charge in [0, 0.05) is 12.6 Å². The Morgan fingerprint density at radius 1 is 1.54 bits per heavy atom. The number of H-pyrrole nitrogens is 1. The van der Waals surface area contributed by atoms with Crippen LogP contribution in [0, 0.1) is 0 Å². The number of carbonyl (C=O) groups is 1. The Hall–Kier alpha value is -1.58. The molecule has 0 spiro atoms. The Labute approximate surface area is 76.0 Å². The minimum Gasteiger partial charge on any atom is -0.351 e. The fraction of sp³-hybridized carbons (Fsp3) is 0.333. The highest BCUT2D eigenvalue weighted by Gasteiger charge is 2.03. The minimum atomic E-state index is -0.260. The van der Waals surface area contributed by atoms with E-state index < -0.39 is 0 Å². The molecular formula is C9H12N2O2. The van der Waals surface area contributed by atoms with E-state index in [1.165, 1.54) is 6.07 Å². The summed E-state index contributed by atoms with van der Waals surface area (Å²) < 4.78 is 0. The lowest BCUT2D eigenvalue weighted by atomic mass is 10.3. The second-order valence-corrected chi connectivity index (χ2v) is 2.68. The zero-order valence-electron chi connectivity index (χ0n) is 7.46. The third-order valence-corrected chi connectivity index (χ3v) is 1.55. The van der Waals surface area contributed by atoms with E-state index in [9.17, 15) is 9.59 Å². The molecule has 0 saturated carbocycles. The summed E-state index contributed by atoms with van der Waals surface area (Å²) >= 11 is 0. The van der Waals surface area contributed by atoms with Crippen LogP contribution in [0.2, 0.25) is 0 Å². The molecule has 1 heterocycles. The number of carbonyl (C=O) groups excluding carboxylic acids is 1. The van der Waals surface area contributed by atoms with E-state index in [4.69, 9.17) is 0 Å². The molecule has 0 unspecified atom stereocenters. The summed E-state index contributed by atoms with van der Waals surface area (Å²) in [5, 5.41) is 2.67. The van der Waals surface area contributed by atoms with Crippen molar-refractivity contribution in [3.8, 4) is 0 Å². The molecule has 0 radical (unpaired) electrons. The van der Waals surface area contributed by atoms with Gasteiger partial charge in [-0.05, 0) is 12.5 Å². The third kappa shape index (κ3) is 2.74. The van der Waals surface area contributed by atoms with Gasteiger partial charge in [-0.3, -0.25) is 9.59 Å². The van der Waals surface area contributed by atoms with Crippen LogP contribution in [0.1, 0.15) is 23.8 Å². The Bertz CT molecular complexity index is 343. The van der Waals surface area contributed by atoms with E-state index in [0.717, 1.165) is 6.42 Å². The lowest BCUT2D eigenvalue weighted by Gasteiger charge is -2.01. The number of amides is 1. The maximum atomic E-state index is 11.3. The first-order valence-electron chi connectivity index (χ1n) is 4.21. The molecule has 0 aromatic carbocycles. The van der Waals surface area contributed by atoms with Gasteiger partial charge in [-0.15, -0.1) is 0 Å². The highest BCUT2D eigenvalue weighted by atomic mass is 16.2. The maximum absolute atomic E-state index is 11.3. The molecule has 0 bridgehead atoms. The standard InChI is InChI=1S/C9H12N2O2/c1-2-6-10-9(13)7-4-3-5-8(12)11-7/h3-5H,2,6H2,1H3,(H,10,13)(H,11,12). The van der Waals surface area contributed by atoms with Crippen molar-refractivity contribution in [1.29, 1.82) is 0 Å². The van der Waals surface area contributed by atoms with Crippen molar-refractivity contribution in [2.75, 3.05) is 6.54 Å². The topological polar surface area (TPSA) is 62.0 Å². The molecule has 4 nitrogen and oxygen atoms in total. The van der Waals surface area contributed by atoms with Crippen molar-refractivity contribution in [1.82, 2.24) is 10.3 Å². The Balaban J connectivity index is 2.71. The summed E-state index contributed by atoms with van der Waals surface area (Å²) in [5.41, 5.74) is 0.0464. The van der Waals surface area contributed by atoms with Crippen LogP contribution in [0.5, 0.6) is 0 Å². The molecule has 2 N–H and O–H groups in total. The van der Waals surface area contributed by atoms with Crippen molar-refractivity contribution in [2.45, 2.75) is 13.3 Å². The average Bonchev–Trinajstić information content (AvgIpc) is 2.14. The van der Waals surface area contributed by atoms with Crippen LogP contribution in [-0.2, 0) is 0 Å². The summed E-state index contributed by atoms with van der Waals surface area (Å²) in [7, 11) is 0. The summed E-state index contributed by atoms with van der Waals surface area (Å²) in [5.74, 6) is -0.237. The zero-order valence-corrected chi connectivity index (χ0v) is 7.46. The van der Waals surface area contributed by atoms with Gasteiger partial charge in [0.25, 0.3) is 5.91 Å². The van der Waals surface area contributed by atoms with Crippen molar-refractivity contribution in [3.05, 3.63) is 34.2 Å². The van der Waals surface area contributed by atoms with E-state index in [0.29, 0.717) is 12.2 Å². The molecule has 1 amide bonds. The number of aromatic amines is 1. The van der Waals surface area contributed by atoms with E-state index in [2.05, 4.69) is 10.3 Å². The van der Waals surface area contributed by atoms with Crippen LogP contribution >= 0.6 is 0 Å². The molecule has 0 aliphatic carbocycles. The summed E-state index contributed by atoms with van der Waals surface area (Å²) in [6, 6.07) is 4.50. The van der Waals surface area contributed by atoms with E-state index in [1.54, 1.807) is 12.1 Å². The first kappa shape index (κ1) is 9.51. The lowest BCUT2D eigenvalue weighted by Crippen LogP contribution is -2.26.